The lowest BCUT2D eigenvalue weighted by atomic mass is 10.0. The van der Waals surface area contributed by atoms with Crippen LogP contribution in [0.5, 0.6) is 0 Å². The number of benzene rings is 1. The first kappa shape index (κ1) is 19.9. The number of hydrogen-bond acceptors (Lipinski definition) is 4. The molecule has 0 aliphatic carbocycles. The van der Waals surface area contributed by atoms with Gasteiger partial charge in [-0.1, -0.05) is 55.7 Å². The monoisotopic (exact) mass is 394 g/mol. The average Bonchev–Trinajstić information content (AvgIpc) is 2.92. The van der Waals surface area contributed by atoms with E-state index >= 15 is 0 Å². The molecule has 1 atom stereocenters. The minimum absolute atomic E-state index is 0.0455. The summed E-state index contributed by atoms with van der Waals surface area (Å²) in [6.45, 7) is 8.10. The van der Waals surface area contributed by atoms with Gasteiger partial charge in [0.05, 0.1) is 17.5 Å². The number of anilines is 1. The van der Waals surface area contributed by atoms with Crippen molar-refractivity contribution in [2.75, 3.05) is 18.0 Å². The topological polar surface area (TPSA) is 57.7 Å². The Morgan fingerprint density at radius 1 is 1.18 bits per heavy atom. The minimum atomic E-state index is -0.611. The molecule has 6 heteroatoms. The molecular formula is C22H22N2O3S. The minimum Gasteiger partial charge on any atom is -0.307 e. The van der Waals surface area contributed by atoms with E-state index in [0.717, 1.165) is 27.3 Å². The lowest BCUT2D eigenvalue weighted by Crippen LogP contribution is -2.38. The van der Waals surface area contributed by atoms with E-state index in [1.807, 2.05) is 36.4 Å². The maximum absolute atomic E-state index is 13.1. The van der Waals surface area contributed by atoms with Gasteiger partial charge in [-0.3, -0.25) is 19.3 Å². The number of rotatable bonds is 5. The summed E-state index contributed by atoms with van der Waals surface area (Å²) in [6.07, 6.45) is 7.48. The highest BCUT2D eigenvalue weighted by Gasteiger charge is 2.36. The van der Waals surface area contributed by atoms with Gasteiger partial charge in [0.1, 0.15) is 0 Å². The Hall–Kier alpha value is -2.86. The fourth-order valence-electron chi connectivity index (χ4n) is 3.35. The van der Waals surface area contributed by atoms with Gasteiger partial charge in [-0.2, -0.15) is 12.6 Å². The standard InChI is InChI=1S/C22H22N2O3S/c1-3-15-9-10-17-7-5-6-8-18(17)24(14-16(15)4-2)20(25)11-12-23-21(26)13-19(28)22(23)27/h3-10,19,28H,1-2,11-14H2/b10-9-,16-15-. The summed E-state index contributed by atoms with van der Waals surface area (Å²) >= 11 is 4.12. The van der Waals surface area contributed by atoms with Crippen LogP contribution in [0.1, 0.15) is 18.4 Å². The molecule has 3 rings (SSSR count). The van der Waals surface area contributed by atoms with Crippen LogP contribution in [0.25, 0.3) is 6.08 Å². The summed E-state index contributed by atoms with van der Waals surface area (Å²) in [7, 11) is 0. The lowest BCUT2D eigenvalue weighted by Gasteiger charge is -2.28. The van der Waals surface area contributed by atoms with Crippen molar-refractivity contribution >= 4 is 42.1 Å². The van der Waals surface area contributed by atoms with E-state index in [1.165, 1.54) is 0 Å². The molecule has 1 fully saturated rings. The number of para-hydroxylation sites is 1. The number of imide groups is 1. The molecule has 1 saturated heterocycles. The Labute approximate surface area is 170 Å². The van der Waals surface area contributed by atoms with Crippen LogP contribution in [0.3, 0.4) is 0 Å². The highest BCUT2D eigenvalue weighted by Crippen LogP contribution is 2.28. The van der Waals surface area contributed by atoms with Gasteiger partial charge in [0, 0.05) is 19.4 Å². The Kier molecular flexibility index (Phi) is 5.99. The normalized spacial score (nSPS) is 23.1. The van der Waals surface area contributed by atoms with Crippen molar-refractivity contribution in [2.45, 2.75) is 18.1 Å². The predicted molar refractivity (Wildman–Crippen MR) is 114 cm³/mol. The number of allylic oxidation sites excluding steroid dienone is 3. The Morgan fingerprint density at radius 3 is 2.57 bits per heavy atom. The van der Waals surface area contributed by atoms with E-state index in [4.69, 9.17) is 0 Å². The van der Waals surface area contributed by atoms with Crippen LogP contribution in [0, 0.1) is 0 Å². The summed E-state index contributed by atoms with van der Waals surface area (Å²) in [5, 5.41) is -0.611. The maximum atomic E-state index is 13.1. The van der Waals surface area contributed by atoms with Gasteiger partial charge in [0.15, 0.2) is 0 Å². The van der Waals surface area contributed by atoms with Gasteiger partial charge >= 0.3 is 0 Å². The number of thiol groups is 1. The molecule has 0 bridgehead atoms. The zero-order valence-electron chi connectivity index (χ0n) is 15.5. The van der Waals surface area contributed by atoms with Crippen molar-refractivity contribution in [3.63, 3.8) is 0 Å². The van der Waals surface area contributed by atoms with Crippen LogP contribution in [-0.2, 0) is 14.4 Å². The third-order valence-electron chi connectivity index (χ3n) is 4.91. The SMILES string of the molecule is C=CC1=C(\C=C)CN(C(=O)CCN2C(=O)CC(S)C2=O)c2ccccc2/C=C\1. The molecule has 1 unspecified atom stereocenters. The van der Waals surface area contributed by atoms with Crippen LogP contribution in [0.4, 0.5) is 5.69 Å². The summed E-state index contributed by atoms with van der Waals surface area (Å²) in [5.41, 5.74) is 3.45. The maximum Gasteiger partial charge on any atom is 0.242 e. The number of carbonyl (C=O) groups is 3. The lowest BCUT2D eigenvalue weighted by molar-refractivity contribution is -0.138. The second-order valence-corrected chi connectivity index (χ2v) is 7.24. The number of hydrogen-bond donors (Lipinski definition) is 1. The molecular weight excluding hydrogens is 372 g/mol. The van der Waals surface area contributed by atoms with Crippen molar-refractivity contribution in [3.8, 4) is 0 Å². The van der Waals surface area contributed by atoms with Gasteiger partial charge in [-0.25, -0.2) is 0 Å². The fraction of sp³-hybridized carbons (Fsp3) is 0.227. The second kappa shape index (κ2) is 8.44. The summed E-state index contributed by atoms with van der Waals surface area (Å²) < 4.78 is 0. The van der Waals surface area contributed by atoms with Gasteiger partial charge < -0.3 is 4.90 Å². The van der Waals surface area contributed by atoms with E-state index < -0.39 is 5.25 Å². The smallest absolute Gasteiger partial charge is 0.242 e. The van der Waals surface area contributed by atoms with Gasteiger partial charge in [-0.15, -0.1) is 0 Å². The van der Waals surface area contributed by atoms with Crippen molar-refractivity contribution in [2.24, 2.45) is 0 Å². The highest BCUT2D eigenvalue weighted by molar-refractivity contribution is 7.81. The fourth-order valence-corrected chi connectivity index (χ4v) is 3.65. The zero-order chi connectivity index (χ0) is 20.3. The zero-order valence-corrected chi connectivity index (χ0v) is 16.4. The Morgan fingerprint density at radius 2 is 1.93 bits per heavy atom. The van der Waals surface area contributed by atoms with Crippen LogP contribution in [-0.4, -0.2) is 41.0 Å². The third kappa shape index (κ3) is 3.87. The van der Waals surface area contributed by atoms with Crippen molar-refractivity contribution in [3.05, 3.63) is 72.4 Å². The molecule has 0 spiro atoms. The van der Waals surface area contributed by atoms with Crippen molar-refractivity contribution in [1.82, 2.24) is 4.90 Å². The van der Waals surface area contributed by atoms with Gasteiger partial charge in [0.25, 0.3) is 0 Å². The van der Waals surface area contributed by atoms with Gasteiger partial charge in [0.2, 0.25) is 17.7 Å². The van der Waals surface area contributed by atoms with Crippen molar-refractivity contribution < 1.29 is 14.4 Å². The second-order valence-electron chi connectivity index (χ2n) is 6.61. The number of nitrogens with zero attached hydrogens (tertiary/aromatic N) is 2. The molecule has 1 aromatic carbocycles. The molecule has 3 amide bonds. The number of likely N-dealkylation sites (tertiary alicyclic amines) is 1. The first-order valence-electron chi connectivity index (χ1n) is 9.04. The molecule has 144 valence electrons. The molecule has 0 aromatic heterocycles. The number of carbonyl (C=O) groups excluding carboxylic acids is 3. The number of fused-ring (bicyclic) bond motifs is 1. The first-order valence-corrected chi connectivity index (χ1v) is 9.55. The van der Waals surface area contributed by atoms with Crippen LogP contribution in [0.15, 0.2) is 66.8 Å². The molecule has 5 nitrogen and oxygen atoms in total. The van der Waals surface area contributed by atoms with E-state index in [0.29, 0.717) is 6.54 Å². The quantitative estimate of drug-likeness (QED) is 0.617. The van der Waals surface area contributed by atoms with E-state index in [-0.39, 0.29) is 37.1 Å². The van der Waals surface area contributed by atoms with E-state index in [9.17, 15) is 14.4 Å². The number of amides is 3. The van der Waals surface area contributed by atoms with E-state index in [1.54, 1.807) is 17.1 Å². The third-order valence-corrected chi connectivity index (χ3v) is 5.31. The molecule has 0 radical (unpaired) electrons. The summed E-state index contributed by atoms with van der Waals surface area (Å²) in [4.78, 5) is 39.9. The van der Waals surface area contributed by atoms with Gasteiger partial charge in [-0.05, 0) is 22.8 Å². The van der Waals surface area contributed by atoms with Crippen LogP contribution < -0.4 is 4.90 Å². The van der Waals surface area contributed by atoms with E-state index in [2.05, 4.69) is 25.8 Å². The Balaban J connectivity index is 1.87. The molecule has 28 heavy (non-hydrogen) atoms. The Bertz CT molecular complexity index is 916. The molecule has 2 heterocycles. The predicted octanol–water partition coefficient (Wildman–Crippen LogP) is 3.16. The average molecular weight is 394 g/mol. The molecule has 1 aromatic rings. The molecule has 2 aliphatic heterocycles. The highest BCUT2D eigenvalue weighted by atomic mass is 32.1. The summed E-state index contributed by atoms with van der Waals surface area (Å²) in [5.74, 6) is -0.791. The largest absolute Gasteiger partial charge is 0.307 e. The molecule has 0 N–H and O–H groups in total. The van der Waals surface area contributed by atoms with Crippen LogP contribution in [0.2, 0.25) is 0 Å². The summed E-state index contributed by atoms with van der Waals surface area (Å²) in [6, 6.07) is 7.60. The molecule has 0 saturated carbocycles. The van der Waals surface area contributed by atoms with Crippen molar-refractivity contribution in [1.29, 1.82) is 0 Å². The molecule has 2 aliphatic rings. The first-order chi connectivity index (χ1) is 13.5. The van der Waals surface area contributed by atoms with Crippen LogP contribution >= 0.6 is 12.6 Å².